The van der Waals surface area contributed by atoms with E-state index in [0.29, 0.717) is 18.9 Å². The third-order valence-electron chi connectivity index (χ3n) is 3.08. The Kier molecular flexibility index (Phi) is 9.66. The van der Waals surface area contributed by atoms with Gasteiger partial charge < -0.3 is 9.84 Å². The van der Waals surface area contributed by atoms with Gasteiger partial charge in [-0.3, -0.25) is 0 Å². The summed E-state index contributed by atoms with van der Waals surface area (Å²) in [6.07, 6.45) is 4.25. The van der Waals surface area contributed by atoms with Crippen LogP contribution in [-0.2, 0) is 17.8 Å². The fraction of sp³-hybridized carbons (Fsp3) is 0.150. The van der Waals surface area contributed by atoms with Crippen molar-refractivity contribution in [1.29, 1.82) is 0 Å². The molecule has 3 nitrogen and oxygen atoms in total. The highest BCUT2D eigenvalue weighted by atomic mass is 16.5. The lowest BCUT2D eigenvalue weighted by atomic mass is 9.89. The molecule has 0 fully saturated rings. The second-order valence-electron chi connectivity index (χ2n) is 4.84. The van der Waals surface area contributed by atoms with E-state index in [1.54, 1.807) is 6.08 Å². The molecule has 122 valence electrons. The number of benzene rings is 2. The van der Waals surface area contributed by atoms with Crippen LogP contribution in [0.25, 0.3) is 0 Å². The quantitative estimate of drug-likeness (QED) is 0.366. The van der Waals surface area contributed by atoms with Crippen LogP contribution >= 0.6 is 0 Å². The Bertz CT molecular complexity index is 652. The van der Waals surface area contributed by atoms with E-state index < -0.39 is 0 Å². The van der Waals surface area contributed by atoms with Crippen molar-refractivity contribution in [2.45, 2.75) is 13.0 Å². The number of aliphatic hydroxyl groups is 1. The first-order valence-corrected chi connectivity index (χ1v) is 7.56. The van der Waals surface area contributed by atoms with Crippen LogP contribution < -0.4 is 0 Å². The fourth-order valence-corrected chi connectivity index (χ4v) is 1.95. The largest absolute Gasteiger partial charge is 0.473 e. The predicted molar refractivity (Wildman–Crippen MR) is 101 cm³/mol. The minimum absolute atomic E-state index is 0.456. The lowest BCUT2D eigenvalue weighted by Crippen LogP contribution is -1.92. The number of rotatable bonds is 7. The number of hydrogen-bond acceptors (Lipinski definition) is 3. The molecule has 2 aromatic carbocycles. The van der Waals surface area contributed by atoms with E-state index in [1.807, 2.05) is 66.7 Å². The maximum Gasteiger partial charge on any atom is 0.212 e. The van der Waals surface area contributed by atoms with Gasteiger partial charge in [-0.15, -0.1) is 5.47 Å². The molecule has 2 aromatic rings. The van der Waals surface area contributed by atoms with Crippen molar-refractivity contribution in [3.8, 4) is 0 Å². The molecule has 0 aromatic heterocycles. The average molecular weight is 319 g/mol. The molecule has 0 spiro atoms. The summed E-state index contributed by atoms with van der Waals surface area (Å²) in [6, 6.07) is 20.0. The third-order valence-corrected chi connectivity index (χ3v) is 3.08. The molecule has 4 heteroatoms. The first-order chi connectivity index (χ1) is 11.8. The van der Waals surface area contributed by atoms with Crippen molar-refractivity contribution in [1.82, 2.24) is 0 Å². The standard InChI is InChI=1S/C19H18BNO.CH4O/c1-21-19(22-15-17-10-6-3-7-11-17)13-12-18(20)14-16-8-4-2-5-9-16;1-2/h2-13H,1,14-15H2;2H,1H3/b18-12+,19-13+;. The van der Waals surface area contributed by atoms with Crippen molar-refractivity contribution in [3.63, 3.8) is 0 Å². The van der Waals surface area contributed by atoms with E-state index in [1.165, 1.54) is 5.56 Å². The number of allylic oxidation sites excluding steroid dienone is 3. The van der Waals surface area contributed by atoms with Gasteiger partial charge in [0.25, 0.3) is 0 Å². The summed E-state index contributed by atoms with van der Waals surface area (Å²) < 4.78 is 5.61. The normalized spacial score (nSPS) is 11.2. The summed E-state index contributed by atoms with van der Waals surface area (Å²) in [5.74, 6) is 0.458. The van der Waals surface area contributed by atoms with Crippen molar-refractivity contribution in [3.05, 3.63) is 95.3 Å². The summed E-state index contributed by atoms with van der Waals surface area (Å²) in [7, 11) is 7.01. The zero-order valence-corrected chi connectivity index (χ0v) is 13.9. The first kappa shape index (κ1) is 19.5. The zero-order chi connectivity index (χ0) is 17.6. The molecule has 0 saturated carbocycles. The van der Waals surface area contributed by atoms with E-state index in [0.717, 1.165) is 18.1 Å². The van der Waals surface area contributed by atoms with E-state index in [2.05, 4.69) is 11.7 Å². The topological polar surface area (TPSA) is 41.8 Å². The number of ether oxygens (including phenoxy) is 1. The highest BCUT2D eigenvalue weighted by Gasteiger charge is 1.96. The molecule has 2 rings (SSSR count). The Morgan fingerprint density at radius 2 is 1.54 bits per heavy atom. The molecule has 0 aliphatic rings. The smallest absolute Gasteiger partial charge is 0.212 e. The Morgan fingerprint density at radius 1 is 1.00 bits per heavy atom. The van der Waals surface area contributed by atoms with Crippen LogP contribution in [0, 0.1) is 0 Å². The lowest BCUT2D eigenvalue weighted by molar-refractivity contribution is 0.197. The number of aliphatic imine (C=N–C) groups is 1. The number of hydrogen-bond donors (Lipinski definition) is 1. The first-order valence-electron chi connectivity index (χ1n) is 7.56. The lowest BCUT2D eigenvalue weighted by Gasteiger charge is -2.06. The Hall–Kier alpha value is -2.59. The maximum absolute atomic E-state index is 7.00. The second-order valence-corrected chi connectivity index (χ2v) is 4.84. The van der Waals surface area contributed by atoms with Crippen molar-refractivity contribution < 1.29 is 9.84 Å². The molecular formula is C20H22BNO2. The molecule has 0 saturated heterocycles. The van der Waals surface area contributed by atoms with Crippen LogP contribution in [0.1, 0.15) is 11.1 Å². The number of aliphatic hydroxyl groups excluding tert-OH is 1. The fourth-order valence-electron chi connectivity index (χ4n) is 1.95. The van der Waals surface area contributed by atoms with Gasteiger partial charge in [-0.1, -0.05) is 66.7 Å². The molecule has 0 amide bonds. The van der Waals surface area contributed by atoms with Crippen LogP contribution in [0.4, 0.5) is 0 Å². The predicted octanol–water partition coefficient (Wildman–Crippen LogP) is 3.65. The van der Waals surface area contributed by atoms with E-state index in [9.17, 15) is 0 Å². The van der Waals surface area contributed by atoms with Gasteiger partial charge in [0, 0.05) is 7.11 Å². The molecule has 0 heterocycles. The van der Waals surface area contributed by atoms with Gasteiger partial charge in [0.05, 0.1) is 0 Å². The van der Waals surface area contributed by atoms with E-state index in [-0.39, 0.29) is 0 Å². The van der Waals surface area contributed by atoms with Crippen LogP contribution in [0.5, 0.6) is 0 Å². The summed E-state index contributed by atoms with van der Waals surface area (Å²) in [5.41, 5.74) is 3.00. The molecule has 0 atom stereocenters. The van der Waals surface area contributed by atoms with Gasteiger partial charge in [-0.2, -0.15) is 0 Å². The molecule has 0 aliphatic heterocycles. The Balaban J connectivity index is 0.00000139. The molecule has 2 radical (unpaired) electrons. The van der Waals surface area contributed by atoms with Crippen molar-refractivity contribution in [2.75, 3.05) is 7.11 Å². The Labute approximate surface area is 145 Å². The average Bonchev–Trinajstić information content (AvgIpc) is 2.65. The van der Waals surface area contributed by atoms with Crippen LogP contribution in [-0.4, -0.2) is 26.8 Å². The zero-order valence-electron chi connectivity index (χ0n) is 13.9. The molecule has 0 unspecified atom stereocenters. The van der Waals surface area contributed by atoms with Gasteiger partial charge in [0.1, 0.15) is 14.5 Å². The monoisotopic (exact) mass is 319 g/mol. The molecular weight excluding hydrogens is 297 g/mol. The summed E-state index contributed by atoms with van der Waals surface area (Å²) in [4.78, 5) is 3.87. The molecule has 0 bridgehead atoms. The molecule has 1 N–H and O–H groups in total. The van der Waals surface area contributed by atoms with Gasteiger partial charge in [-0.05, 0) is 30.3 Å². The second kappa shape index (κ2) is 11.9. The van der Waals surface area contributed by atoms with Gasteiger partial charge in [-0.25, -0.2) is 4.99 Å². The summed E-state index contributed by atoms with van der Waals surface area (Å²) in [5, 5.41) is 7.00. The molecule has 24 heavy (non-hydrogen) atoms. The molecule has 0 aliphatic carbocycles. The third kappa shape index (κ3) is 7.61. The number of nitrogens with zero attached hydrogens (tertiary/aromatic N) is 1. The summed E-state index contributed by atoms with van der Waals surface area (Å²) in [6.45, 7) is 3.98. The van der Waals surface area contributed by atoms with Gasteiger partial charge >= 0.3 is 0 Å². The van der Waals surface area contributed by atoms with Crippen LogP contribution in [0.15, 0.2) is 89.2 Å². The van der Waals surface area contributed by atoms with E-state index >= 15 is 0 Å². The van der Waals surface area contributed by atoms with Crippen molar-refractivity contribution in [2.24, 2.45) is 4.99 Å². The van der Waals surface area contributed by atoms with Gasteiger partial charge in [0.15, 0.2) is 0 Å². The Morgan fingerprint density at radius 3 is 2.08 bits per heavy atom. The minimum atomic E-state index is 0.456. The van der Waals surface area contributed by atoms with Crippen LogP contribution in [0.3, 0.4) is 0 Å². The summed E-state index contributed by atoms with van der Waals surface area (Å²) >= 11 is 0. The minimum Gasteiger partial charge on any atom is -0.473 e. The highest BCUT2D eigenvalue weighted by molar-refractivity contribution is 6.21. The maximum atomic E-state index is 7.00. The van der Waals surface area contributed by atoms with Gasteiger partial charge in [0.2, 0.25) is 5.88 Å². The van der Waals surface area contributed by atoms with Crippen molar-refractivity contribution >= 4 is 14.6 Å². The van der Waals surface area contributed by atoms with Crippen LogP contribution in [0.2, 0.25) is 0 Å². The SMILES string of the molecule is CO.[B]/C(=C/C=C(\N=C)OCc1ccccc1)Cc1ccccc1. The van der Waals surface area contributed by atoms with E-state index in [4.69, 9.17) is 17.7 Å². The highest BCUT2D eigenvalue weighted by Crippen LogP contribution is 2.09.